The first kappa shape index (κ1) is 13.9. The van der Waals surface area contributed by atoms with Crippen LogP contribution in [0.25, 0.3) is 0 Å². The molecule has 0 aromatic carbocycles. The Kier molecular flexibility index (Phi) is 6.36. The van der Waals surface area contributed by atoms with Crippen LogP contribution in [0.15, 0.2) is 0 Å². The van der Waals surface area contributed by atoms with Gasteiger partial charge < -0.3 is 0 Å². The Labute approximate surface area is 88.3 Å². The summed E-state index contributed by atoms with van der Waals surface area (Å²) >= 11 is 0. The second kappa shape index (κ2) is 6.40. The summed E-state index contributed by atoms with van der Waals surface area (Å²) in [6.45, 7) is 6.22. The zero-order valence-corrected chi connectivity index (χ0v) is 10.5. The minimum Gasteiger partial charge on any atom is -0.213 e. The molecule has 0 heterocycles. The van der Waals surface area contributed by atoms with Crippen LogP contribution in [0, 0.1) is 5.92 Å². The molecule has 3 nitrogen and oxygen atoms in total. The average Bonchev–Trinajstić information content (AvgIpc) is 2.10. The third-order valence-electron chi connectivity index (χ3n) is 2.40. The van der Waals surface area contributed by atoms with E-state index in [0.29, 0.717) is 0 Å². The summed E-state index contributed by atoms with van der Waals surface area (Å²) in [4.78, 5) is 0. The monoisotopic (exact) mass is 221 g/mol. The molecule has 1 saturated carbocycles. The van der Waals surface area contributed by atoms with Crippen molar-refractivity contribution in [1.29, 1.82) is 0 Å². The number of hydrogen-bond acceptors (Lipinski definition) is 2. The van der Waals surface area contributed by atoms with Gasteiger partial charge in [0.15, 0.2) is 0 Å². The lowest BCUT2D eigenvalue weighted by Gasteiger charge is -2.25. The van der Waals surface area contributed by atoms with Crippen LogP contribution in [-0.2, 0) is 10.0 Å². The molecule has 0 unspecified atom stereocenters. The molecule has 0 atom stereocenters. The molecule has 0 aliphatic heterocycles. The van der Waals surface area contributed by atoms with Crippen LogP contribution in [0.1, 0.15) is 46.5 Å². The molecule has 1 N–H and O–H groups in total. The fourth-order valence-electron chi connectivity index (χ4n) is 1.68. The third-order valence-corrected chi connectivity index (χ3v) is 3.16. The molecule has 0 saturated heterocycles. The van der Waals surface area contributed by atoms with Crippen LogP contribution in [0.4, 0.5) is 0 Å². The van der Waals surface area contributed by atoms with E-state index >= 15 is 0 Å². The number of sulfonamides is 1. The molecule has 0 amide bonds. The van der Waals surface area contributed by atoms with Crippen molar-refractivity contribution in [3.05, 3.63) is 0 Å². The molecule has 1 fully saturated rings. The summed E-state index contributed by atoms with van der Waals surface area (Å²) in [6, 6.07) is 0.191. The molecule has 1 aliphatic rings. The first-order valence-electron chi connectivity index (χ1n) is 5.44. The minimum atomic E-state index is -2.99. The number of nitrogens with one attached hydrogen (secondary N) is 1. The van der Waals surface area contributed by atoms with Gasteiger partial charge >= 0.3 is 0 Å². The van der Waals surface area contributed by atoms with Crippen molar-refractivity contribution in [2.45, 2.75) is 52.5 Å². The lowest BCUT2D eigenvalue weighted by Crippen LogP contribution is -2.36. The highest BCUT2D eigenvalue weighted by Gasteiger charge is 2.20. The first-order valence-corrected chi connectivity index (χ1v) is 7.34. The Morgan fingerprint density at radius 2 is 1.50 bits per heavy atom. The summed E-state index contributed by atoms with van der Waals surface area (Å²) in [5.41, 5.74) is 0. The van der Waals surface area contributed by atoms with Gasteiger partial charge in [-0.2, -0.15) is 0 Å². The van der Waals surface area contributed by atoms with E-state index in [4.69, 9.17) is 0 Å². The molecule has 0 spiro atoms. The average molecular weight is 221 g/mol. The molecule has 0 radical (unpaired) electrons. The number of hydrogen-bond donors (Lipinski definition) is 1. The van der Waals surface area contributed by atoms with E-state index < -0.39 is 10.0 Å². The molecule has 86 valence electrons. The van der Waals surface area contributed by atoms with Crippen molar-refractivity contribution in [3.63, 3.8) is 0 Å². The summed E-state index contributed by atoms with van der Waals surface area (Å²) in [5, 5.41) is 0. The predicted molar refractivity (Wildman–Crippen MR) is 60.7 cm³/mol. The van der Waals surface area contributed by atoms with Crippen molar-refractivity contribution >= 4 is 10.0 Å². The SMILES string of the molecule is CC.CC1CCC(NS(C)(=O)=O)CC1. The largest absolute Gasteiger partial charge is 0.213 e. The fraction of sp³-hybridized carbons (Fsp3) is 1.00. The van der Waals surface area contributed by atoms with Crippen molar-refractivity contribution in [2.75, 3.05) is 6.26 Å². The highest BCUT2D eigenvalue weighted by atomic mass is 32.2. The Balaban J connectivity index is 0.000000791. The zero-order valence-electron chi connectivity index (χ0n) is 9.71. The molecule has 0 aromatic rings. The van der Waals surface area contributed by atoms with Crippen LogP contribution in [0.5, 0.6) is 0 Å². The maximum atomic E-state index is 10.9. The normalized spacial score (nSPS) is 27.7. The summed E-state index contributed by atoms with van der Waals surface area (Å²) in [5.74, 6) is 0.766. The van der Waals surface area contributed by atoms with E-state index in [2.05, 4.69) is 11.6 Å². The van der Waals surface area contributed by atoms with Crippen molar-refractivity contribution in [2.24, 2.45) is 5.92 Å². The Morgan fingerprint density at radius 3 is 1.86 bits per heavy atom. The fourth-order valence-corrected chi connectivity index (χ4v) is 2.52. The van der Waals surface area contributed by atoms with Gasteiger partial charge in [0, 0.05) is 6.04 Å². The molecular formula is C10H23NO2S. The molecule has 14 heavy (non-hydrogen) atoms. The smallest absolute Gasteiger partial charge is 0.208 e. The van der Waals surface area contributed by atoms with Crippen LogP contribution in [0.3, 0.4) is 0 Å². The van der Waals surface area contributed by atoms with Crippen molar-refractivity contribution in [3.8, 4) is 0 Å². The van der Waals surface area contributed by atoms with Gasteiger partial charge in [-0.15, -0.1) is 0 Å². The van der Waals surface area contributed by atoms with Gasteiger partial charge in [-0.25, -0.2) is 13.1 Å². The summed E-state index contributed by atoms with van der Waals surface area (Å²) in [7, 11) is -2.99. The van der Waals surface area contributed by atoms with E-state index in [1.165, 1.54) is 6.26 Å². The van der Waals surface area contributed by atoms with Gasteiger partial charge in [0.1, 0.15) is 0 Å². The summed E-state index contributed by atoms with van der Waals surface area (Å²) < 4.78 is 24.4. The molecule has 4 heteroatoms. The van der Waals surface area contributed by atoms with Gasteiger partial charge in [0.25, 0.3) is 0 Å². The van der Waals surface area contributed by atoms with Crippen molar-refractivity contribution in [1.82, 2.24) is 4.72 Å². The van der Waals surface area contributed by atoms with Crippen LogP contribution in [-0.4, -0.2) is 20.7 Å². The maximum Gasteiger partial charge on any atom is 0.208 e. The van der Waals surface area contributed by atoms with Gasteiger partial charge in [-0.05, 0) is 31.6 Å². The van der Waals surface area contributed by atoms with E-state index in [-0.39, 0.29) is 6.04 Å². The van der Waals surface area contributed by atoms with Gasteiger partial charge in [-0.1, -0.05) is 20.8 Å². The van der Waals surface area contributed by atoms with E-state index in [1.54, 1.807) is 0 Å². The Morgan fingerprint density at radius 1 is 1.07 bits per heavy atom. The maximum absolute atomic E-state index is 10.9. The first-order chi connectivity index (χ1) is 6.47. The summed E-state index contributed by atoms with van der Waals surface area (Å²) in [6.07, 6.45) is 5.51. The Hall–Kier alpha value is -0.0900. The van der Waals surface area contributed by atoms with Gasteiger partial charge in [0.05, 0.1) is 6.26 Å². The highest BCUT2D eigenvalue weighted by molar-refractivity contribution is 7.88. The van der Waals surface area contributed by atoms with Gasteiger partial charge in [0.2, 0.25) is 10.0 Å². The molecule has 0 aromatic heterocycles. The van der Waals surface area contributed by atoms with Crippen LogP contribution < -0.4 is 4.72 Å². The number of rotatable bonds is 2. The quantitative estimate of drug-likeness (QED) is 0.776. The van der Waals surface area contributed by atoms with Gasteiger partial charge in [-0.3, -0.25) is 0 Å². The predicted octanol–water partition coefficient (Wildman–Crippen LogP) is 2.14. The highest BCUT2D eigenvalue weighted by Crippen LogP contribution is 2.23. The Bertz CT molecular complexity index is 229. The molecular weight excluding hydrogens is 198 g/mol. The lowest BCUT2D eigenvalue weighted by atomic mass is 9.88. The van der Waals surface area contributed by atoms with E-state index in [0.717, 1.165) is 31.6 Å². The lowest BCUT2D eigenvalue weighted by molar-refractivity contribution is 0.332. The zero-order chi connectivity index (χ0) is 11.2. The third kappa shape index (κ3) is 6.38. The van der Waals surface area contributed by atoms with E-state index in [9.17, 15) is 8.42 Å². The molecule has 1 rings (SSSR count). The van der Waals surface area contributed by atoms with Crippen molar-refractivity contribution < 1.29 is 8.42 Å². The second-order valence-corrected chi connectivity index (χ2v) is 5.63. The van der Waals surface area contributed by atoms with Crippen LogP contribution in [0.2, 0.25) is 0 Å². The molecule has 1 aliphatic carbocycles. The molecule has 0 bridgehead atoms. The van der Waals surface area contributed by atoms with Crippen LogP contribution >= 0.6 is 0 Å². The standard InChI is InChI=1S/C8H17NO2S.C2H6/c1-7-3-5-8(6-4-7)9-12(2,10)11;1-2/h7-9H,3-6H2,1-2H3;1-2H3. The minimum absolute atomic E-state index is 0.191. The topological polar surface area (TPSA) is 46.2 Å². The second-order valence-electron chi connectivity index (χ2n) is 3.85. The van der Waals surface area contributed by atoms with E-state index in [1.807, 2.05) is 13.8 Å².